The van der Waals surface area contributed by atoms with Gasteiger partial charge in [0, 0.05) is 13.0 Å². The molecule has 1 aromatic heterocycles. The third-order valence-corrected chi connectivity index (χ3v) is 4.94. The fraction of sp³-hybridized carbons (Fsp3) is 0.333. The molecular formula is C21H24N4O6. The Morgan fingerprint density at radius 2 is 1.77 bits per heavy atom. The molecule has 0 amide bonds. The first-order valence-corrected chi connectivity index (χ1v) is 9.62. The van der Waals surface area contributed by atoms with Gasteiger partial charge in [0.05, 0.1) is 44.7 Å². The molecule has 164 valence electrons. The molecule has 0 saturated carbocycles. The molecule has 10 heteroatoms. The topological polar surface area (TPSA) is 130 Å². The molecule has 0 bridgehead atoms. The van der Waals surface area contributed by atoms with Crippen molar-refractivity contribution in [3.8, 4) is 28.7 Å². The average Bonchev–Trinajstić information content (AvgIpc) is 3.25. The van der Waals surface area contributed by atoms with Gasteiger partial charge in [-0.1, -0.05) is 6.07 Å². The van der Waals surface area contributed by atoms with Crippen molar-refractivity contribution in [1.29, 1.82) is 0 Å². The fourth-order valence-electron chi connectivity index (χ4n) is 3.60. The lowest BCUT2D eigenvalue weighted by Crippen LogP contribution is -2.12. The summed E-state index contributed by atoms with van der Waals surface area (Å²) in [5, 5.41) is 12.8. The van der Waals surface area contributed by atoms with E-state index in [0.29, 0.717) is 69.9 Å². The van der Waals surface area contributed by atoms with E-state index >= 15 is 0 Å². The summed E-state index contributed by atoms with van der Waals surface area (Å²) in [5.41, 5.74) is 8.90. The summed E-state index contributed by atoms with van der Waals surface area (Å²) < 4.78 is 27.5. The van der Waals surface area contributed by atoms with Gasteiger partial charge in [-0.25, -0.2) is 9.97 Å². The molecule has 0 saturated heterocycles. The number of aliphatic hydroxyl groups excluding tert-OH is 1. The van der Waals surface area contributed by atoms with Crippen LogP contribution in [0.4, 0.5) is 11.6 Å². The summed E-state index contributed by atoms with van der Waals surface area (Å²) in [7, 11) is 4.54. The molecule has 0 aliphatic carbocycles. The van der Waals surface area contributed by atoms with Crippen LogP contribution in [0.25, 0.3) is 10.9 Å². The number of hydrogen-bond acceptors (Lipinski definition) is 10. The van der Waals surface area contributed by atoms with Crippen molar-refractivity contribution in [1.82, 2.24) is 9.97 Å². The molecule has 3 aromatic rings. The molecule has 10 nitrogen and oxygen atoms in total. The van der Waals surface area contributed by atoms with E-state index in [4.69, 9.17) is 29.4 Å². The first-order chi connectivity index (χ1) is 15.1. The molecule has 0 radical (unpaired) electrons. The predicted molar refractivity (Wildman–Crippen MR) is 115 cm³/mol. The van der Waals surface area contributed by atoms with Gasteiger partial charge < -0.3 is 39.8 Å². The smallest absolute Gasteiger partial charge is 0.231 e. The number of nitrogen functional groups attached to an aromatic ring is 1. The second kappa shape index (κ2) is 8.60. The van der Waals surface area contributed by atoms with E-state index in [0.717, 1.165) is 5.56 Å². The molecule has 0 unspecified atom stereocenters. The third kappa shape index (κ3) is 3.66. The van der Waals surface area contributed by atoms with Crippen molar-refractivity contribution < 1.29 is 28.8 Å². The number of aliphatic hydroxyl groups is 1. The van der Waals surface area contributed by atoms with Crippen molar-refractivity contribution in [3.05, 3.63) is 29.5 Å². The van der Waals surface area contributed by atoms with Gasteiger partial charge >= 0.3 is 0 Å². The summed E-state index contributed by atoms with van der Waals surface area (Å²) in [6, 6.07) is 5.71. The van der Waals surface area contributed by atoms with E-state index in [9.17, 15) is 5.11 Å². The Balaban J connectivity index is 1.93. The number of ether oxygens (including phenoxy) is 5. The zero-order chi connectivity index (χ0) is 22.0. The largest absolute Gasteiger partial charge is 0.491 e. The maximum absolute atomic E-state index is 9.21. The van der Waals surface area contributed by atoms with Crippen molar-refractivity contribution >= 4 is 22.5 Å². The Hall–Kier alpha value is -3.66. The quantitative estimate of drug-likeness (QED) is 0.458. The van der Waals surface area contributed by atoms with E-state index < -0.39 is 0 Å². The summed E-state index contributed by atoms with van der Waals surface area (Å²) in [5.74, 6) is 2.79. The van der Waals surface area contributed by atoms with Gasteiger partial charge in [0.2, 0.25) is 18.5 Å². The highest BCUT2D eigenvalue weighted by molar-refractivity contribution is 6.02. The van der Waals surface area contributed by atoms with Crippen molar-refractivity contribution in [2.45, 2.75) is 6.42 Å². The maximum atomic E-state index is 9.21. The van der Waals surface area contributed by atoms with Crippen molar-refractivity contribution in [2.24, 2.45) is 0 Å². The van der Waals surface area contributed by atoms with E-state index in [1.54, 1.807) is 0 Å². The molecule has 31 heavy (non-hydrogen) atoms. The van der Waals surface area contributed by atoms with Crippen LogP contribution in [0, 0.1) is 0 Å². The number of fused-ring (bicyclic) bond motifs is 2. The Morgan fingerprint density at radius 1 is 1.03 bits per heavy atom. The normalized spacial score (nSPS) is 12.1. The van der Waals surface area contributed by atoms with Crippen molar-refractivity contribution in [2.75, 3.05) is 52.3 Å². The number of nitrogens with one attached hydrogen (secondary N) is 1. The number of methoxy groups -OCH3 is 3. The van der Waals surface area contributed by atoms with Crippen LogP contribution >= 0.6 is 0 Å². The molecule has 4 rings (SSSR count). The molecule has 1 aliphatic rings. The van der Waals surface area contributed by atoms with Crippen LogP contribution in [0.2, 0.25) is 0 Å². The zero-order valence-corrected chi connectivity index (χ0v) is 17.5. The van der Waals surface area contributed by atoms with E-state index in [2.05, 4.69) is 15.3 Å². The Morgan fingerprint density at radius 3 is 2.48 bits per heavy atom. The monoisotopic (exact) mass is 428 g/mol. The average molecular weight is 428 g/mol. The highest BCUT2D eigenvalue weighted by atomic mass is 16.7. The van der Waals surface area contributed by atoms with Gasteiger partial charge in [-0.15, -0.1) is 0 Å². The number of rotatable bonds is 8. The summed E-state index contributed by atoms with van der Waals surface area (Å²) in [6.07, 6.45) is 0.437. The van der Waals surface area contributed by atoms with Gasteiger partial charge in [0.15, 0.2) is 23.0 Å². The van der Waals surface area contributed by atoms with Crippen LogP contribution in [-0.2, 0) is 6.42 Å². The van der Waals surface area contributed by atoms with Crippen LogP contribution in [0.15, 0.2) is 18.2 Å². The highest BCUT2D eigenvalue weighted by Gasteiger charge is 2.25. The van der Waals surface area contributed by atoms with Gasteiger partial charge in [0.1, 0.15) is 5.52 Å². The summed E-state index contributed by atoms with van der Waals surface area (Å²) >= 11 is 0. The molecule has 4 N–H and O–H groups in total. The zero-order valence-electron chi connectivity index (χ0n) is 17.5. The van der Waals surface area contributed by atoms with Crippen LogP contribution in [0.3, 0.4) is 0 Å². The second-order valence-electron chi connectivity index (χ2n) is 6.75. The molecular weight excluding hydrogens is 404 g/mol. The minimum Gasteiger partial charge on any atom is -0.491 e. The number of anilines is 2. The minimum atomic E-state index is -0.0654. The molecule has 2 heterocycles. The van der Waals surface area contributed by atoms with Gasteiger partial charge in [-0.05, 0) is 17.7 Å². The first-order valence-electron chi connectivity index (χ1n) is 9.62. The van der Waals surface area contributed by atoms with Crippen LogP contribution < -0.4 is 34.7 Å². The van der Waals surface area contributed by atoms with Crippen LogP contribution in [-0.4, -0.2) is 56.3 Å². The molecule has 1 aliphatic heterocycles. The Labute approximate surface area is 178 Å². The SMILES string of the molecule is COc1c(OC)c(N)c2c(Cc3ccc4c(c3)OCO4)nc(NCCO)nc2c1OC. The number of nitrogens with zero attached hydrogens (tertiary/aromatic N) is 2. The molecule has 0 spiro atoms. The molecule has 0 fully saturated rings. The lowest BCUT2D eigenvalue weighted by Gasteiger charge is -2.19. The van der Waals surface area contributed by atoms with Gasteiger partial charge in [-0.2, -0.15) is 0 Å². The summed E-state index contributed by atoms with van der Waals surface area (Å²) in [6.45, 7) is 0.426. The number of benzene rings is 2. The van der Waals surface area contributed by atoms with E-state index in [1.807, 2.05) is 18.2 Å². The summed E-state index contributed by atoms with van der Waals surface area (Å²) in [4.78, 5) is 9.23. The lowest BCUT2D eigenvalue weighted by molar-refractivity contribution is 0.174. The van der Waals surface area contributed by atoms with E-state index in [-0.39, 0.29) is 13.4 Å². The van der Waals surface area contributed by atoms with E-state index in [1.165, 1.54) is 21.3 Å². The highest BCUT2D eigenvalue weighted by Crippen LogP contribution is 2.48. The number of nitrogens with two attached hydrogens (primary N) is 1. The van der Waals surface area contributed by atoms with Crippen molar-refractivity contribution in [3.63, 3.8) is 0 Å². The maximum Gasteiger partial charge on any atom is 0.231 e. The lowest BCUT2D eigenvalue weighted by atomic mass is 10.0. The second-order valence-corrected chi connectivity index (χ2v) is 6.75. The standard InChI is InChI=1S/C21H24N4O6/c1-27-18-16(22)15-12(8-11-4-5-13-14(9-11)31-10-30-13)24-21(23-6-7-26)25-17(15)19(28-2)20(18)29-3/h4-5,9,26H,6-8,10,22H2,1-3H3,(H,23,24,25). The Kier molecular flexibility index (Phi) is 5.72. The number of hydrogen-bond donors (Lipinski definition) is 3. The molecule has 0 atom stereocenters. The Bertz CT molecular complexity index is 1120. The fourth-order valence-corrected chi connectivity index (χ4v) is 3.60. The van der Waals surface area contributed by atoms with Gasteiger partial charge in [0.25, 0.3) is 0 Å². The predicted octanol–water partition coefficient (Wildman–Crippen LogP) is 1.96. The van der Waals surface area contributed by atoms with Crippen LogP contribution in [0.1, 0.15) is 11.3 Å². The van der Waals surface area contributed by atoms with Crippen LogP contribution in [0.5, 0.6) is 28.7 Å². The van der Waals surface area contributed by atoms with Gasteiger partial charge in [-0.3, -0.25) is 0 Å². The number of aromatic nitrogens is 2. The minimum absolute atomic E-state index is 0.0654. The first kappa shape index (κ1) is 20.6. The molecule has 2 aromatic carbocycles. The third-order valence-electron chi connectivity index (χ3n) is 4.94.